The first kappa shape index (κ1) is 13.3. The van der Waals surface area contributed by atoms with Crippen molar-refractivity contribution < 1.29 is 9.53 Å². The van der Waals surface area contributed by atoms with Crippen molar-refractivity contribution in [3.8, 4) is 0 Å². The average molecular weight is 201 g/mol. The van der Waals surface area contributed by atoms with Gasteiger partial charge in [0.15, 0.2) is 0 Å². The van der Waals surface area contributed by atoms with Crippen LogP contribution in [-0.2, 0) is 4.74 Å². The van der Waals surface area contributed by atoms with Crippen molar-refractivity contribution in [2.24, 2.45) is 17.1 Å². The number of hydrogen-bond donors (Lipinski definition) is 1. The fourth-order valence-electron chi connectivity index (χ4n) is 1.61. The standard InChI is InChI=1S/C11H23NO2/c1-8(2)10(3,4)7-11(5,6)14-9(12)13/h8H,7H2,1-6H3,(H2,12,13). The van der Waals surface area contributed by atoms with Gasteiger partial charge in [0.1, 0.15) is 5.60 Å². The maximum Gasteiger partial charge on any atom is 0.405 e. The molecule has 0 saturated heterocycles. The molecule has 0 heterocycles. The Morgan fingerprint density at radius 1 is 1.29 bits per heavy atom. The van der Waals surface area contributed by atoms with Gasteiger partial charge in [-0.25, -0.2) is 4.79 Å². The van der Waals surface area contributed by atoms with Crippen molar-refractivity contribution in [3.05, 3.63) is 0 Å². The molecule has 3 nitrogen and oxygen atoms in total. The van der Waals surface area contributed by atoms with Crippen molar-refractivity contribution in [3.63, 3.8) is 0 Å². The first-order valence-electron chi connectivity index (χ1n) is 5.05. The highest BCUT2D eigenvalue weighted by atomic mass is 16.6. The van der Waals surface area contributed by atoms with E-state index >= 15 is 0 Å². The largest absolute Gasteiger partial charge is 0.444 e. The average Bonchev–Trinajstić information content (AvgIpc) is 1.79. The number of nitrogens with two attached hydrogens (primary N) is 1. The molecule has 2 N–H and O–H groups in total. The minimum atomic E-state index is -0.699. The predicted molar refractivity (Wildman–Crippen MR) is 58.0 cm³/mol. The Morgan fingerprint density at radius 2 is 1.71 bits per heavy atom. The Labute approximate surface area is 87.0 Å². The van der Waals surface area contributed by atoms with E-state index in [1.165, 1.54) is 0 Å². The molecule has 0 aliphatic heterocycles. The van der Waals surface area contributed by atoms with Gasteiger partial charge < -0.3 is 10.5 Å². The van der Waals surface area contributed by atoms with Crippen molar-refractivity contribution >= 4 is 6.09 Å². The zero-order valence-corrected chi connectivity index (χ0v) is 10.2. The highest BCUT2D eigenvalue weighted by Gasteiger charge is 2.33. The quantitative estimate of drug-likeness (QED) is 0.760. The lowest BCUT2D eigenvalue weighted by atomic mass is 9.74. The first-order valence-corrected chi connectivity index (χ1v) is 5.05. The molecule has 0 rings (SSSR count). The molecule has 14 heavy (non-hydrogen) atoms. The third kappa shape index (κ3) is 4.49. The summed E-state index contributed by atoms with van der Waals surface area (Å²) in [7, 11) is 0. The monoisotopic (exact) mass is 201 g/mol. The molecular weight excluding hydrogens is 178 g/mol. The molecule has 0 unspecified atom stereocenters. The summed E-state index contributed by atoms with van der Waals surface area (Å²) >= 11 is 0. The number of ether oxygens (including phenoxy) is 1. The fourth-order valence-corrected chi connectivity index (χ4v) is 1.61. The van der Waals surface area contributed by atoms with Gasteiger partial charge in [-0.3, -0.25) is 0 Å². The highest BCUT2D eigenvalue weighted by molar-refractivity contribution is 5.65. The molecule has 0 fully saturated rings. The molecule has 0 atom stereocenters. The molecule has 0 aliphatic carbocycles. The van der Waals surface area contributed by atoms with E-state index in [1.54, 1.807) is 0 Å². The molecule has 0 aromatic rings. The van der Waals surface area contributed by atoms with Crippen LogP contribution in [0.25, 0.3) is 0 Å². The molecule has 0 aromatic carbocycles. The molecule has 0 spiro atoms. The lowest BCUT2D eigenvalue weighted by Gasteiger charge is -2.36. The number of rotatable bonds is 4. The van der Waals surface area contributed by atoms with E-state index in [4.69, 9.17) is 10.5 Å². The van der Waals surface area contributed by atoms with Crippen LogP contribution in [0.15, 0.2) is 0 Å². The predicted octanol–water partition coefficient (Wildman–Crippen LogP) is 2.93. The number of carbonyl (C=O) groups is 1. The zero-order valence-electron chi connectivity index (χ0n) is 10.2. The van der Waals surface area contributed by atoms with Gasteiger partial charge in [0.25, 0.3) is 0 Å². The van der Waals surface area contributed by atoms with Gasteiger partial charge in [0.05, 0.1) is 0 Å². The minimum absolute atomic E-state index is 0.138. The van der Waals surface area contributed by atoms with Gasteiger partial charge in [-0.15, -0.1) is 0 Å². The van der Waals surface area contributed by atoms with Crippen LogP contribution in [0.1, 0.15) is 48.0 Å². The maximum absolute atomic E-state index is 10.7. The zero-order chi connectivity index (χ0) is 11.6. The molecule has 0 bridgehead atoms. The summed E-state index contributed by atoms with van der Waals surface area (Å²) in [4.78, 5) is 10.7. The summed E-state index contributed by atoms with van der Waals surface area (Å²) in [6.07, 6.45) is 0.107. The van der Waals surface area contributed by atoms with Crippen LogP contribution in [0.5, 0.6) is 0 Å². The van der Waals surface area contributed by atoms with Gasteiger partial charge in [-0.1, -0.05) is 27.7 Å². The van der Waals surface area contributed by atoms with Crippen LogP contribution in [-0.4, -0.2) is 11.7 Å². The Balaban J connectivity index is 4.41. The fraction of sp³-hybridized carbons (Fsp3) is 0.909. The van der Waals surface area contributed by atoms with Gasteiger partial charge >= 0.3 is 6.09 Å². The number of primary amides is 1. The Hall–Kier alpha value is -0.730. The van der Waals surface area contributed by atoms with Gasteiger partial charge in [0, 0.05) is 0 Å². The van der Waals surface area contributed by atoms with Crippen molar-refractivity contribution in [1.29, 1.82) is 0 Å². The molecule has 0 radical (unpaired) electrons. The molecule has 0 saturated carbocycles. The number of amides is 1. The van der Waals surface area contributed by atoms with Crippen LogP contribution in [0, 0.1) is 11.3 Å². The number of hydrogen-bond acceptors (Lipinski definition) is 2. The maximum atomic E-state index is 10.7. The van der Waals surface area contributed by atoms with Crippen LogP contribution in [0.2, 0.25) is 0 Å². The summed E-state index contributed by atoms with van der Waals surface area (Å²) < 4.78 is 5.06. The van der Waals surface area contributed by atoms with Crippen LogP contribution in [0.3, 0.4) is 0 Å². The molecule has 0 aliphatic rings. The van der Waals surface area contributed by atoms with E-state index in [1.807, 2.05) is 13.8 Å². The SMILES string of the molecule is CC(C)C(C)(C)CC(C)(C)OC(N)=O. The van der Waals surface area contributed by atoms with E-state index < -0.39 is 11.7 Å². The molecule has 0 aromatic heterocycles. The summed E-state index contributed by atoms with van der Waals surface area (Å²) in [6.45, 7) is 12.5. The summed E-state index contributed by atoms with van der Waals surface area (Å²) in [5.74, 6) is 0.540. The molecular formula is C11H23NO2. The van der Waals surface area contributed by atoms with E-state index in [9.17, 15) is 4.79 Å². The van der Waals surface area contributed by atoms with Crippen molar-refractivity contribution in [2.75, 3.05) is 0 Å². The Morgan fingerprint density at radius 3 is 2.00 bits per heavy atom. The summed E-state index contributed by atoms with van der Waals surface area (Å²) in [5, 5.41) is 0. The van der Waals surface area contributed by atoms with Crippen LogP contribution in [0.4, 0.5) is 4.79 Å². The number of carbonyl (C=O) groups excluding carboxylic acids is 1. The minimum Gasteiger partial charge on any atom is -0.444 e. The second-order valence-electron chi connectivity index (χ2n) is 5.50. The second-order valence-corrected chi connectivity index (χ2v) is 5.50. The lowest BCUT2D eigenvalue weighted by Crippen LogP contribution is -2.37. The third-order valence-electron chi connectivity index (χ3n) is 2.82. The summed E-state index contributed by atoms with van der Waals surface area (Å²) in [6, 6.07) is 0. The lowest BCUT2D eigenvalue weighted by molar-refractivity contribution is 0.000701. The van der Waals surface area contributed by atoms with Gasteiger partial charge in [-0.05, 0) is 31.6 Å². The van der Waals surface area contributed by atoms with E-state index in [0.29, 0.717) is 5.92 Å². The smallest absolute Gasteiger partial charge is 0.405 e. The van der Waals surface area contributed by atoms with Crippen LogP contribution >= 0.6 is 0 Å². The van der Waals surface area contributed by atoms with Crippen molar-refractivity contribution in [2.45, 2.75) is 53.6 Å². The second kappa shape index (κ2) is 4.20. The molecule has 3 heteroatoms. The Bertz CT molecular complexity index is 207. The van der Waals surface area contributed by atoms with Crippen molar-refractivity contribution in [1.82, 2.24) is 0 Å². The summed E-state index contributed by atoms with van der Waals surface area (Å²) in [5.41, 5.74) is 4.66. The Kier molecular flexibility index (Phi) is 3.98. The molecule has 1 amide bonds. The van der Waals surface area contributed by atoms with Gasteiger partial charge in [0.2, 0.25) is 0 Å². The van der Waals surface area contributed by atoms with Gasteiger partial charge in [-0.2, -0.15) is 0 Å². The van der Waals surface area contributed by atoms with E-state index in [-0.39, 0.29) is 5.41 Å². The molecule has 84 valence electrons. The normalized spacial score (nSPS) is 13.1. The first-order chi connectivity index (χ1) is 6.07. The highest BCUT2D eigenvalue weighted by Crippen LogP contribution is 2.36. The third-order valence-corrected chi connectivity index (χ3v) is 2.82. The topological polar surface area (TPSA) is 52.3 Å². The van der Waals surface area contributed by atoms with E-state index in [2.05, 4.69) is 27.7 Å². The van der Waals surface area contributed by atoms with E-state index in [0.717, 1.165) is 6.42 Å². The van der Waals surface area contributed by atoms with Crippen LogP contribution < -0.4 is 5.73 Å².